The molecule has 0 bridgehead atoms. The molecule has 3 rings (SSSR count). The van der Waals surface area contributed by atoms with Crippen molar-refractivity contribution in [1.82, 2.24) is 4.98 Å². The van der Waals surface area contributed by atoms with Gasteiger partial charge < -0.3 is 20.9 Å². The molecule has 2 aromatic rings. The maximum atomic E-state index is 11.2. The molecule has 0 saturated carbocycles. The van der Waals surface area contributed by atoms with E-state index in [1.165, 1.54) is 17.7 Å². The summed E-state index contributed by atoms with van der Waals surface area (Å²) < 4.78 is 11.4. The number of amides is 1. The largest absolute Gasteiger partial charge is 0.492 e. The van der Waals surface area contributed by atoms with Crippen LogP contribution >= 0.6 is 11.3 Å². The summed E-state index contributed by atoms with van der Waals surface area (Å²) in [6, 6.07) is 5.48. The Balaban J connectivity index is 1.99. The number of ether oxygens (including phenoxy) is 2. The van der Waals surface area contributed by atoms with Gasteiger partial charge in [0.05, 0.1) is 18.6 Å². The van der Waals surface area contributed by atoms with Crippen molar-refractivity contribution in [3.05, 3.63) is 28.1 Å². The number of amidine groups is 1. The Hall–Kier alpha value is -2.94. The predicted octanol–water partition coefficient (Wildman–Crippen LogP) is 2.14. The summed E-state index contributed by atoms with van der Waals surface area (Å²) in [7, 11) is 0. The first-order chi connectivity index (χ1) is 13.4. The van der Waals surface area contributed by atoms with Gasteiger partial charge in [-0.3, -0.25) is 9.79 Å². The lowest BCUT2D eigenvalue weighted by Crippen LogP contribution is -2.30. The molecule has 28 heavy (non-hydrogen) atoms. The number of primary amides is 1. The van der Waals surface area contributed by atoms with Crippen molar-refractivity contribution in [1.29, 1.82) is 0 Å². The zero-order valence-electron chi connectivity index (χ0n) is 16.0. The van der Waals surface area contributed by atoms with Gasteiger partial charge in [0.15, 0.2) is 16.9 Å². The molecule has 1 aliphatic heterocycles. The number of nitrogens with two attached hydrogens (primary N) is 2. The quantitative estimate of drug-likeness (QED) is 0.586. The molecule has 0 saturated heterocycles. The van der Waals surface area contributed by atoms with Gasteiger partial charge in [-0.15, -0.1) is 11.3 Å². The second kappa shape index (κ2) is 8.39. The van der Waals surface area contributed by atoms with Crippen molar-refractivity contribution >= 4 is 29.4 Å². The first-order valence-electron chi connectivity index (χ1n) is 8.94. The topological polar surface area (TPSA) is 125 Å². The summed E-state index contributed by atoms with van der Waals surface area (Å²) in [6.45, 7) is 6.06. The van der Waals surface area contributed by atoms with Crippen LogP contribution in [0, 0.1) is 0 Å². The lowest BCUT2D eigenvalue weighted by molar-refractivity contribution is -0.123. The van der Waals surface area contributed by atoms with E-state index < -0.39 is 12.0 Å². The van der Waals surface area contributed by atoms with Crippen molar-refractivity contribution in [2.45, 2.75) is 39.3 Å². The van der Waals surface area contributed by atoms with Gasteiger partial charge in [0.1, 0.15) is 11.5 Å². The summed E-state index contributed by atoms with van der Waals surface area (Å²) in [5.74, 6) is 1.15. The number of fused-ring (bicyclic) bond motifs is 3. The fourth-order valence-corrected chi connectivity index (χ4v) is 3.70. The minimum absolute atomic E-state index is 0.0741. The van der Waals surface area contributed by atoms with Crippen LogP contribution in [0.3, 0.4) is 0 Å². The third-order valence-electron chi connectivity index (χ3n) is 3.97. The molecule has 1 aromatic heterocycles. The fraction of sp³-hybridized carbons (Fsp3) is 0.368. The van der Waals surface area contributed by atoms with Gasteiger partial charge in [0, 0.05) is 29.0 Å². The number of carbonyl (C=O) groups is 1. The van der Waals surface area contributed by atoms with E-state index in [4.69, 9.17) is 25.9 Å². The first kappa shape index (κ1) is 19.8. The summed E-state index contributed by atoms with van der Waals surface area (Å²) in [5.41, 5.74) is 12.4. The minimum Gasteiger partial charge on any atom is -0.492 e. The number of aromatic nitrogens is 1. The summed E-state index contributed by atoms with van der Waals surface area (Å²) in [5, 5.41) is 0.718. The zero-order valence-corrected chi connectivity index (χ0v) is 16.8. The van der Waals surface area contributed by atoms with Crippen LogP contribution in [0.1, 0.15) is 30.7 Å². The Morgan fingerprint density at radius 3 is 2.86 bits per heavy atom. The molecule has 1 aromatic carbocycles. The van der Waals surface area contributed by atoms with Crippen LogP contribution in [0.25, 0.3) is 11.3 Å². The fourth-order valence-electron chi connectivity index (χ4n) is 2.69. The minimum atomic E-state index is -0.728. The SMILES string of the molecule is CC(C)N=C(N=CN)c1nc2c(s1)CCOc1cc(OC(C)C(N)=O)ccc1-2. The lowest BCUT2D eigenvalue weighted by Gasteiger charge is -2.13. The van der Waals surface area contributed by atoms with Crippen LogP contribution in [0.2, 0.25) is 0 Å². The van der Waals surface area contributed by atoms with Crippen molar-refractivity contribution in [3.8, 4) is 22.8 Å². The van der Waals surface area contributed by atoms with Crippen molar-refractivity contribution in [2.24, 2.45) is 21.5 Å². The van der Waals surface area contributed by atoms with Gasteiger partial charge >= 0.3 is 0 Å². The molecule has 1 aliphatic rings. The van der Waals surface area contributed by atoms with E-state index in [1.54, 1.807) is 19.1 Å². The second-order valence-corrected chi connectivity index (χ2v) is 7.62. The number of hydrogen-bond donors (Lipinski definition) is 2. The molecule has 9 heteroatoms. The maximum Gasteiger partial charge on any atom is 0.258 e. The molecule has 8 nitrogen and oxygen atoms in total. The van der Waals surface area contributed by atoms with Gasteiger partial charge in [-0.25, -0.2) is 9.98 Å². The molecule has 1 unspecified atom stereocenters. The number of carbonyl (C=O) groups excluding carboxylic acids is 1. The second-order valence-electron chi connectivity index (χ2n) is 6.53. The highest BCUT2D eigenvalue weighted by atomic mass is 32.1. The van der Waals surface area contributed by atoms with Crippen LogP contribution in [0.15, 0.2) is 28.2 Å². The van der Waals surface area contributed by atoms with E-state index >= 15 is 0 Å². The molecule has 4 N–H and O–H groups in total. The predicted molar refractivity (Wildman–Crippen MR) is 110 cm³/mol. The van der Waals surface area contributed by atoms with Crippen molar-refractivity contribution in [3.63, 3.8) is 0 Å². The first-order valence-corrected chi connectivity index (χ1v) is 9.76. The standard InChI is InChI=1S/C19H23N5O3S/c1-10(2)23-18(22-9-20)19-24-16-13-5-4-12(27-11(3)17(21)25)8-14(13)26-7-6-15(16)28-19/h4-5,8-11H,6-7H2,1-3H3,(H2,21,25)(H2,20,22,23). The molecular weight excluding hydrogens is 378 g/mol. The highest BCUT2D eigenvalue weighted by molar-refractivity contribution is 7.14. The Morgan fingerprint density at radius 1 is 1.39 bits per heavy atom. The highest BCUT2D eigenvalue weighted by Crippen LogP contribution is 2.39. The molecule has 2 heterocycles. The van der Waals surface area contributed by atoms with Gasteiger partial charge in [-0.2, -0.15) is 0 Å². The van der Waals surface area contributed by atoms with Gasteiger partial charge in [-0.05, 0) is 32.9 Å². The van der Waals surface area contributed by atoms with Gasteiger partial charge in [-0.1, -0.05) is 0 Å². The van der Waals surface area contributed by atoms with E-state index in [1.807, 2.05) is 19.9 Å². The molecule has 0 spiro atoms. The molecular formula is C19H23N5O3S. The number of benzene rings is 1. The average molecular weight is 401 g/mol. The number of aliphatic imine (C=N–C) groups is 2. The molecule has 148 valence electrons. The van der Waals surface area contributed by atoms with E-state index in [-0.39, 0.29) is 6.04 Å². The summed E-state index contributed by atoms with van der Waals surface area (Å²) >= 11 is 1.54. The van der Waals surface area contributed by atoms with Crippen molar-refractivity contribution in [2.75, 3.05) is 6.61 Å². The lowest BCUT2D eigenvalue weighted by atomic mass is 10.1. The van der Waals surface area contributed by atoms with Crippen molar-refractivity contribution < 1.29 is 14.3 Å². The van der Waals surface area contributed by atoms with E-state index in [0.29, 0.717) is 23.9 Å². The Kier molecular flexibility index (Phi) is 5.93. The number of nitrogens with zero attached hydrogens (tertiary/aromatic N) is 3. The summed E-state index contributed by atoms with van der Waals surface area (Å²) in [6.07, 6.45) is 1.22. The maximum absolute atomic E-state index is 11.2. The number of rotatable bonds is 5. The molecule has 1 atom stereocenters. The highest BCUT2D eigenvalue weighted by Gasteiger charge is 2.23. The Morgan fingerprint density at radius 2 is 2.18 bits per heavy atom. The normalized spacial score (nSPS) is 14.9. The number of thiazole rings is 1. The van der Waals surface area contributed by atoms with E-state index in [9.17, 15) is 4.79 Å². The molecule has 0 radical (unpaired) electrons. The summed E-state index contributed by atoms with van der Waals surface area (Å²) in [4.78, 5) is 25.8. The Bertz CT molecular complexity index is 936. The third kappa shape index (κ3) is 4.30. The number of hydrogen-bond acceptors (Lipinski definition) is 6. The molecule has 0 fully saturated rings. The monoisotopic (exact) mass is 401 g/mol. The van der Waals surface area contributed by atoms with Crippen LogP contribution in [0.4, 0.5) is 0 Å². The average Bonchev–Trinajstić information content (AvgIpc) is 2.98. The zero-order chi connectivity index (χ0) is 20.3. The van der Waals surface area contributed by atoms with E-state index in [2.05, 4.69) is 9.98 Å². The van der Waals surface area contributed by atoms with Crippen LogP contribution in [0.5, 0.6) is 11.5 Å². The smallest absolute Gasteiger partial charge is 0.258 e. The van der Waals surface area contributed by atoms with Crippen LogP contribution in [-0.2, 0) is 11.2 Å². The van der Waals surface area contributed by atoms with Gasteiger partial charge in [0.2, 0.25) is 0 Å². The third-order valence-corrected chi connectivity index (χ3v) is 5.09. The molecule has 1 amide bonds. The van der Waals surface area contributed by atoms with E-state index in [0.717, 1.165) is 27.6 Å². The Labute approximate surface area is 167 Å². The van der Waals surface area contributed by atoms with Crippen LogP contribution in [-0.4, -0.2) is 41.8 Å². The van der Waals surface area contributed by atoms with Crippen LogP contribution < -0.4 is 20.9 Å². The van der Waals surface area contributed by atoms with Gasteiger partial charge in [0.25, 0.3) is 5.91 Å². The molecule has 0 aliphatic carbocycles.